The highest BCUT2D eigenvalue weighted by molar-refractivity contribution is 9.11. The maximum Gasteiger partial charge on any atom is 0.338 e. The summed E-state index contributed by atoms with van der Waals surface area (Å²) in [5.74, 6) is 0.368. The van der Waals surface area contributed by atoms with Crippen LogP contribution in [0.1, 0.15) is 17.3 Å². The van der Waals surface area contributed by atoms with E-state index in [4.69, 9.17) is 9.47 Å². The van der Waals surface area contributed by atoms with E-state index in [0.29, 0.717) is 24.5 Å². The Labute approximate surface area is 103 Å². The highest BCUT2D eigenvalue weighted by atomic mass is 79.9. The minimum atomic E-state index is -0.320. The van der Waals surface area contributed by atoms with E-state index >= 15 is 0 Å². The molecule has 1 rings (SSSR count). The summed E-state index contributed by atoms with van der Waals surface area (Å²) < 4.78 is 11.0. The summed E-state index contributed by atoms with van der Waals surface area (Å²) in [6.07, 6.45) is 0. The van der Waals surface area contributed by atoms with E-state index in [9.17, 15) is 4.79 Å². The lowest BCUT2D eigenvalue weighted by Gasteiger charge is -2.06. The second kappa shape index (κ2) is 6.33. The molecule has 0 aliphatic rings. The van der Waals surface area contributed by atoms with Crippen LogP contribution in [0.5, 0.6) is 5.75 Å². The van der Waals surface area contributed by atoms with Gasteiger partial charge in [0.25, 0.3) is 0 Å². The van der Waals surface area contributed by atoms with Gasteiger partial charge in [-0.05, 0) is 31.2 Å². The van der Waals surface area contributed by atoms with Crippen molar-refractivity contribution >= 4 is 21.9 Å². The maximum absolute atomic E-state index is 11.3. The largest absolute Gasteiger partial charge is 0.488 e. The predicted octanol–water partition coefficient (Wildman–Crippen LogP) is 3.15. The van der Waals surface area contributed by atoms with E-state index in [1.165, 1.54) is 0 Å². The molecule has 0 bridgehead atoms. The Morgan fingerprint density at radius 2 is 2.00 bits per heavy atom. The lowest BCUT2D eigenvalue weighted by molar-refractivity contribution is 0.0526. The molecule has 3 nitrogen and oxygen atoms in total. The number of hydrogen-bond acceptors (Lipinski definition) is 3. The summed E-state index contributed by atoms with van der Waals surface area (Å²) >= 11 is 3.20. The number of rotatable bonds is 5. The van der Waals surface area contributed by atoms with Gasteiger partial charge in [0.2, 0.25) is 0 Å². The zero-order valence-corrected chi connectivity index (χ0v) is 10.6. The SMILES string of the molecule is C=C(Br)COc1ccc(C(=O)OCC)cc1. The van der Waals surface area contributed by atoms with Gasteiger partial charge in [0.1, 0.15) is 12.4 Å². The molecule has 0 fully saturated rings. The summed E-state index contributed by atoms with van der Waals surface area (Å²) in [5, 5.41) is 0. The van der Waals surface area contributed by atoms with Gasteiger partial charge in [-0.15, -0.1) is 0 Å². The number of halogens is 1. The molecule has 0 heterocycles. The minimum absolute atomic E-state index is 0.320. The molecular weight excluding hydrogens is 272 g/mol. The number of carbonyl (C=O) groups excluding carboxylic acids is 1. The van der Waals surface area contributed by atoms with Gasteiger partial charge in [-0.1, -0.05) is 22.5 Å². The van der Waals surface area contributed by atoms with Gasteiger partial charge in [-0.3, -0.25) is 0 Å². The van der Waals surface area contributed by atoms with Crippen LogP contribution in [0.4, 0.5) is 0 Å². The summed E-state index contributed by atoms with van der Waals surface area (Å²) in [7, 11) is 0. The average Bonchev–Trinajstić information content (AvgIpc) is 2.27. The Bertz CT molecular complexity index is 370. The van der Waals surface area contributed by atoms with Gasteiger partial charge in [0.15, 0.2) is 0 Å². The summed E-state index contributed by atoms with van der Waals surface area (Å²) in [5.41, 5.74) is 0.520. The van der Waals surface area contributed by atoms with Crippen LogP contribution in [0.25, 0.3) is 0 Å². The number of benzene rings is 1. The Morgan fingerprint density at radius 1 is 1.38 bits per heavy atom. The monoisotopic (exact) mass is 284 g/mol. The fourth-order valence-corrected chi connectivity index (χ4v) is 1.18. The second-order valence-electron chi connectivity index (χ2n) is 3.05. The quantitative estimate of drug-likeness (QED) is 0.780. The molecule has 0 aromatic heterocycles. The van der Waals surface area contributed by atoms with Crippen LogP contribution in [-0.4, -0.2) is 19.2 Å². The number of carbonyl (C=O) groups is 1. The normalized spacial score (nSPS) is 9.62. The van der Waals surface area contributed by atoms with Crippen molar-refractivity contribution in [1.29, 1.82) is 0 Å². The van der Waals surface area contributed by atoms with E-state index in [-0.39, 0.29) is 5.97 Å². The molecule has 1 aromatic rings. The van der Waals surface area contributed by atoms with Crippen LogP contribution in [0, 0.1) is 0 Å². The molecule has 0 aliphatic carbocycles. The first-order chi connectivity index (χ1) is 7.63. The van der Waals surface area contributed by atoms with Crippen molar-refractivity contribution in [2.24, 2.45) is 0 Å². The molecule has 4 heteroatoms. The van der Waals surface area contributed by atoms with Crippen molar-refractivity contribution in [2.45, 2.75) is 6.92 Å². The number of esters is 1. The van der Waals surface area contributed by atoms with Crippen LogP contribution < -0.4 is 4.74 Å². The smallest absolute Gasteiger partial charge is 0.338 e. The first kappa shape index (κ1) is 12.8. The zero-order chi connectivity index (χ0) is 12.0. The molecule has 0 saturated heterocycles. The Kier molecular flexibility index (Phi) is 5.05. The number of ether oxygens (including phenoxy) is 2. The lowest BCUT2D eigenvalue weighted by Crippen LogP contribution is -2.04. The summed E-state index contributed by atoms with van der Waals surface area (Å²) in [6.45, 7) is 6.21. The Morgan fingerprint density at radius 3 is 2.50 bits per heavy atom. The van der Waals surface area contributed by atoms with Crippen molar-refractivity contribution in [3.63, 3.8) is 0 Å². The third kappa shape index (κ3) is 4.06. The fourth-order valence-electron chi connectivity index (χ4n) is 1.06. The lowest BCUT2D eigenvalue weighted by atomic mass is 10.2. The van der Waals surface area contributed by atoms with E-state index in [1.54, 1.807) is 31.2 Å². The van der Waals surface area contributed by atoms with Gasteiger partial charge < -0.3 is 9.47 Å². The molecule has 0 aliphatic heterocycles. The van der Waals surface area contributed by atoms with E-state index < -0.39 is 0 Å². The number of hydrogen-bond donors (Lipinski definition) is 0. The molecule has 1 aromatic carbocycles. The van der Waals surface area contributed by atoms with Gasteiger partial charge in [-0.25, -0.2) is 4.79 Å². The third-order valence-electron chi connectivity index (χ3n) is 1.76. The molecule has 0 radical (unpaired) electrons. The highest BCUT2D eigenvalue weighted by Gasteiger charge is 2.05. The van der Waals surface area contributed by atoms with Crippen LogP contribution in [0.15, 0.2) is 35.3 Å². The molecule has 16 heavy (non-hydrogen) atoms. The first-order valence-corrected chi connectivity index (χ1v) is 5.66. The first-order valence-electron chi connectivity index (χ1n) is 4.86. The van der Waals surface area contributed by atoms with Gasteiger partial charge in [-0.2, -0.15) is 0 Å². The third-order valence-corrected chi connectivity index (χ3v) is 1.99. The molecule has 0 spiro atoms. The van der Waals surface area contributed by atoms with E-state index in [2.05, 4.69) is 22.5 Å². The van der Waals surface area contributed by atoms with Gasteiger partial charge in [0, 0.05) is 4.48 Å². The second-order valence-corrected chi connectivity index (χ2v) is 4.17. The summed E-state index contributed by atoms with van der Waals surface area (Å²) in [6, 6.07) is 6.79. The molecule has 0 N–H and O–H groups in total. The predicted molar refractivity (Wildman–Crippen MR) is 66.0 cm³/mol. The highest BCUT2D eigenvalue weighted by Crippen LogP contribution is 2.14. The Balaban J connectivity index is 2.60. The molecule has 86 valence electrons. The molecule has 0 atom stereocenters. The fraction of sp³-hybridized carbons (Fsp3) is 0.250. The maximum atomic E-state index is 11.3. The molecule has 0 amide bonds. The van der Waals surface area contributed by atoms with E-state index in [0.717, 1.165) is 4.48 Å². The van der Waals surface area contributed by atoms with Gasteiger partial charge in [0.05, 0.1) is 12.2 Å². The summed E-state index contributed by atoms with van der Waals surface area (Å²) in [4.78, 5) is 11.3. The molecular formula is C12H13BrO3. The van der Waals surface area contributed by atoms with Crippen molar-refractivity contribution < 1.29 is 14.3 Å². The van der Waals surface area contributed by atoms with Crippen LogP contribution in [-0.2, 0) is 4.74 Å². The average molecular weight is 285 g/mol. The topological polar surface area (TPSA) is 35.5 Å². The van der Waals surface area contributed by atoms with Gasteiger partial charge >= 0.3 is 5.97 Å². The van der Waals surface area contributed by atoms with Crippen LogP contribution in [0.2, 0.25) is 0 Å². The Hall–Kier alpha value is -1.29. The minimum Gasteiger partial charge on any atom is -0.488 e. The van der Waals surface area contributed by atoms with Crippen molar-refractivity contribution in [3.05, 3.63) is 40.9 Å². The van der Waals surface area contributed by atoms with E-state index in [1.807, 2.05) is 0 Å². The van der Waals surface area contributed by atoms with Crippen LogP contribution >= 0.6 is 15.9 Å². The van der Waals surface area contributed by atoms with Crippen molar-refractivity contribution in [3.8, 4) is 5.75 Å². The standard InChI is InChI=1S/C12H13BrO3/c1-3-15-12(14)10-4-6-11(7-5-10)16-8-9(2)13/h4-7H,2-3,8H2,1H3. The molecule has 0 unspecified atom stereocenters. The molecule has 0 saturated carbocycles. The van der Waals surface area contributed by atoms with Crippen molar-refractivity contribution in [1.82, 2.24) is 0 Å². The zero-order valence-electron chi connectivity index (χ0n) is 9.03. The van der Waals surface area contributed by atoms with Crippen molar-refractivity contribution in [2.75, 3.05) is 13.2 Å². The van der Waals surface area contributed by atoms with Crippen LogP contribution in [0.3, 0.4) is 0 Å².